The first-order valence-electron chi connectivity index (χ1n) is 8.95. The van der Waals surface area contributed by atoms with Gasteiger partial charge in [-0.05, 0) is 29.8 Å². The minimum absolute atomic E-state index is 0.0423. The summed E-state index contributed by atoms with van der Waals surface area (Å²) in [6.45, 7) is 0.615. The Bertz CT molecular complexity index is 945. The number of benzene rings is 2. The Kier molecular flexibility index (Phi) is 5.81. The second kappa shape index (κ2) is 8.12. The van der Waals surface area contributed by atoms with Crippen LogP contribution < -0.4 is 10.6 Å². The number of anilines is 1. The van der Waals surface area contributed by atoms with Crippen molar-refractivity contribution in [3.8, 4) is 0 Å². The smallest absolute Gasteiger partial charge is 0.248 e. The Morgan fingerprint density at radius 3 is 2.11 bits per heavy atom. The molecule has 28 heavy (non-hydrogen) atoms. The Balaban J connectivity index is 1.89. The van der Waals surface area contributed by atoms with Gasteiger partial charge in [0.25, 0.3) is 0 Å². The van der Waals surface area contributed by atoms with Gasteiger partial charge in [-0.25, -0.2) is 8.42 Å². The zero-order chi connectivity index (χ0) is 20.3. The summed E-state index contributed by atoms with van der Waals surface area (Å²) in [5.74, 6) is -0.615. The van der Waals surface area contributed by atoms with Gasteiger partial charge in [-0.1, -0.05) is 30.3 Å². The molecule has 7 nitrogen and oxygen atoms in total. The van der Waals surface area contributed by atoms with E-state index in [1.54, 1.807) is 31.3 Å². The summed E-state index contributed by atoms with van der Waals surface area (Å²) in [6, 6.07) is 15.2. The maximum Gasteiger partial charge on any atom is 0.248 e. The SMILES string of the molecule is CN(C(=O)C(c1ccccc1)N1CCS(=O)(=O)CC1)c1ccc(C(N)=O)cc1. The molecule has 2 aromatic rings. The monoisotopic (exact) mass is 401 g/mol. The molecule has 0 aliphatic carbocycles. The van der Waals surface area contributed by atoms with Crippen molar-refractivity contribution in [1.82, 2.24) is 4.90 Å². The molecule has 1 aliphatic rings. The number of hydrogen-bond acceptors (Lipinski definition) is 5. The molecule has 1 atom stereocenters. The molecule has 2 N–H and O–H groups in total. The van der Waals surface area contributed by atoms with Gasteiger partial charge in [0, 0.05) is 31.4 Å². The molecular weight excluding hydrogens is 378 g/mol. The molecular formula is C20H23N3O4S. The average Bonchev–Trinajstić information content (AvgIpc) is 2.69. The van der Waals surface area contributed by atoms with E-state index in [1.807, 2.05) is 35.2 Å². The van der Waals surface area contributed by atoms with Crippen LogP contribution in [-0.4, -0.2) is 56.8 Å². The van der Waals surface area contributed by atoms with Gasteiger partial charge in [0.1, 0.15) is 6.04 Å². The third-order valence-corrected chi connectivity index (χ3v) is 6.57. The van der Waals surface area contributed by atoms with E-state index in [1.165, 1.54) is 4.90 Å². The van der Waals surface area contributed by atoms with Crippen molar-refractivity contribution in [3.63, 3.8) is 0 Å². The van der Waals surface area contributed by atoms with Crippen LogP contribution in [0.15, 0.2) is 54.6 Å². The molecule has 1 aliphatic heterocycles. The lowest BCUT2D eigenvalue weighted by molar-refractivity contribution is -0.123. The first-order valence-corrected chi connectivity index (χ1v) is 10.8. The van der Waals surface area contributed by atoms with Gasteiger partial charge in [-0.15, -0.1) is 0 Å². The highest BCUT2D eigenvalue weighted by molar-refractivity contribution is 7.91. The number of nitrogens with zero attached hydrogens (tertiary/aromatic N) is 2. The molecule has 0 bridgehead atoms. The summed E-state index contributed by atoms with van der Waals surface area (Å²) in [4.78, 5) is 28.0. The Morgan fingerprint density at radius 2 is 1.57 bits per heavy atom. The highest BCUT2D eigenvalue weighted by Gasteiger charge is 2.34. The van der Waals surface area contributed by atoms with Crippen molar-refractivity contribution in [3.05, 3.63) is 65.7 Å². The van der Waals surface area contributed by atoms with Gasteiger partial charge in [0.15, 0.2) is 9.84 Å². The first kappa shape index (κ1) is 20.0. The molecule has 0 radical (unpaired) electrons. The van der Waals surface area contributed by atoms with Crippen molar-refractivity contribution in [2.75, 3.05) is 36.5 Å². The Labute approximate surface area is 164 Å². The predicted octanol–water partition coefficient (Wildman–Crippen LogP) is 1.22. The number of primary amides is 1. The van der Waals surface area contributed by atoms with Crippen LogP contribution >= 0.6 is 0 Å². The molecule has 0 aromatic heterocycles. The minimum Gasteiger partial charge on any atom is -0.366 e. The lowest BCUT2D eigenvalue weighted by Crippen LogP contribution is -2.48. The molecule has 2 aromatic carbocycles. The summed E-state index contributed by atoms with van der Waals surface area (Å²) in [7, 11) is -1.39. The largest absolute Gasteiger partial charge is 0.366 e. The van der Waals surface area contributed by atoms with Gasteiger partial charge in [0.2, 0.25) is 11.8 Å². The van der Waals surface area contributed by atoms with Gasteiger partial charge < -0.3 is 10.6 Å². The maximum absolute atomic E-state index is 13.4. The number of likely N-dealkylation sites (N-methyl/N-ethyl adjacent to an activating group) is 1. The third-order valence-electron chi connectivity index (χ3n) is 4.96. The molecule has 0 spiro atoms. The summed E-state index contributed by atoms with van der Waals surface area (Å²) in [6.07, 6.45) is 0. The molecule has 8 heteroatoms. The van der Waals surface area contributed by atoms with E-state index in [9.17, 15) is 18.0 Å². The standard InChI is InChI=1S/C20H23N3O4S/c1-22(17-9-7-16(8-10-17)19(21)24)20(25)18(15-5-3-2-4-6-15)23-11-13-28(26,27)14-12-23/h2-10,18H,11-14H2,1H3,(H2,21,24). The fraction of sp³-hybridized carbons (Fsp3) is 0.300. The van der Waals surface area contributed by atoms with Crippen molar-refractivity contribution in [2.45, 2.75) is 6.04 Å². The van der Waals surface area contributed by atoms with Crippen LogP contribution in [0.25, 0.3) is 0 Å². The van der Waals surface area contributed by atoms with Gasteiger partial charge in [-0.2, -0.15) is 0 Å². The molecule has 1 fully saturated rings. The van der Waals surface area contributed by atoms with E-state index in [4.69, 9.17) is 5.73 Å². The lowest BCUT2D eigenvalue weighted by atomic mass is 10.0. The summed E-state index contributed by atoms with van der Waals surface area (Å²) >= 11 is 0. The summed E-state index contributed by atoms with van der Waals surface area (Å²) < 4.78 is 23.6. The molecule has 2 amide bonds. The van der Waals surface area contributed by atoms with E-state index in [0.717, 1.165) is 5.56 Å². The van der Waals surface area contributed by atoms with Crippen LogP contribution in [0.2, 0.25) is 0 Å². The zero-order valence-corrected chi connectivity index (χ0v) is 16.4. The first-order chi connectivity index (χ1) is 13.3. The van der Waals surface area contributed by atoms with Gasteiger partial charge >= 0.3 is 0 Å². The van der Waals surface area contributed by atoms with Crippen LogP contribution in [0, 0.1) is 0 Å². The molecule has 1 saturated heterocycles. The maximum atomic E-state index is 13.4. The van der Waals surface area contributed by atoms with Crippen LogP contribution in [-0.2, 0) is 14.6 Å². The zero-order valence-electron chi connectivity index (χ0n) is 15.6. The van der Waals surface area contributed by atoms with E-state index in [-0.39, 0.29) is 17.4 Å². The van der Waals surface area contributed by atoms with Crippen molar-refractivity contribution < 1.29 is 18.0 Å². The second-order valence-corrected chi connectivity index (χ2v) is 9.11. The molecule has 148 valence electrons. The quantitative estimate of drug-likeness (QED) is 0.812. The second-order valence-electron chi connectivity index (χ2n) is 6.81. The van der Waals surface area contributed by atoms with Gasteiger partial charge in [-0.3, -0.25) is 14.5 Å². The molecule has 1 unspecified atom stereocenters. The Hall–Kier alpha value is -2.71. The van der Waals surface area contributed by atoms with Crippen LogP contribution in [0.5, 0.6) is 0 Å². The van der Waals surface area contributed by atoms with Crippen LogP contribution in [0.3, 0.4) is 0 Å². The van der Waals surface area contributed by atoms with Crippen molar-refractivity contribution >= 4 is 27.3 Å². The highest BCUT2D eigenvalue weighted by Crippen LogP contribution is 2.27. The van der Waals surface area contributed by atoms with Gasteiger partial charge in [0.05, 0.1) is 11.5 Å². The lowest BCUT2D eigenvalue weighted by Gasteiger charge is -2.35. The summed E-state index contributed by atoms with van der Waals surface area (Å²) in [5.41, 5.74) is 7.07. The number of amides is 2. The van der Waals surface area contributed by atoms with Crippen molar-refractivity contribution in [1.29, 1.82) is 0 Å². The van der Waals surface area contributed by atoms with E-state index < -0.39 is 21.8 Å². The number of hydrogen-bond donors (Lipinski definition) is 1. The van der Waals surface area contributed by atoms with Crippen LogP contribution in [0.4, 0.5) is 5.69 Å². The molecule has 0 saturated carbocycles. The molecule has 1 heterocycles. The minimum atomic E-state index is -3.05. The van der Waals surface area contributed by atoms with E-state index in [0.29, 0.717) is 24.3 Å². The van der Waals surface area contributed by atoms with Crippen molar-refractivity contribution in [2.24, 2.45) is 5.73 Å². The normalized spacial score (nSPS) is 17.6. The number of sulfone groups is 1. The summed E-state index contributed by atoms with van der Waals surface area (Å²) in [5, 5.41) is 0. The number of carbonyl (C=O) groups excluding carboxylic acids is 2. The number of carbonyl (C=O) groups is 2. The molecule has 3 rings (SSSR count). The van der Waals surface area contributed by atoms with Crippen LogP contribution in [0.1, 0.15) is 22.0 Å². The third kappa shape index (κ3) is 4.40. The highest BCUT2D eigenvalue weighted by atomic mass is 32.2. The fourth-order valence-corrected chi connectivity index (χ4v) is 4.52. The number of nitrogens with two attached hydrogens (primary N) is 1. The average molecular weight is 401 g/mol. The topological polar surface area (TPSA) is 101 Å². The predicted molar refractivity (Wildman–Crippen MR) is 108 cm³/mol. The fourth-order valence-electron chi connectivity index (χ4n) is 3.29. The van der Waals surface area contributed by atoms with E-state index >= 15 is 0 Å². The Morgan fingerprint density at radius 1 is 1.00 bits per heavy atom. The number of rotatable bonds is 5. The van der Waals surface area contributed by atoms with E-state index in [2.05, 4.69) is 0 Å².